The van der Waals surface area contributed by atoms with Crippen molar-refractivity contribution in [2.75, 3.05) is 19.0 Å². The Morgan fingerprint density at radius 2 is 2.32 bits per heavy atom. The molecule has 3 rings (SSSR count). The van der Waals surface area contributed by atoms with Gasteiger partial charge in [-0.05, 0) is 0 Å². The van der Waals surface area contributed by atoms with Crippen LogP contribution in [0.4, 0.5) is 14.7 Å². The van der Waals surface area contributed by atoms with Crippen LogP contribution in [0.1, 0.15) is 6.23 Å². The number of fused-ring (bicyclic) bond motifs is 1. The molecule has 120 valence electrons. The van der Waals surface area contributed by atoms with Crippen molar-refractivity contribution >= 4 is 17.1 Å². The number of anilines is 1. The summed E-state index contributed by atoms with van der Waals surface area (Å²) in [5.74, 6) is -0.235. The molecule has 1 saturated heterocycles. The first-order chi connectivity index (χ1) is 10.4. The number of rotatable bonds is 3. The van der Waals surface area contributed by atoms with Crippen LogP contribution in [0.25, 0.3) is 11.2 Å². The van der Waals surface area contributed by atoms with Gasteiger partial charge in [0.2, 0.25) is 11.6 Å². The first-order valence-electron chi connectivity index (χ1n) is 6.34. The van der Waals surface area contributed by atoms with Gasteiger partial charge in [0.25, 0.3) is 5.56 Å². The van der Waals surface area contributed by atoms with Crippen LogP contribution in [0.15, 0.2) is 11.1 Å². The lowest BCUT2D eigenvalue weighted by Gasteiger charge is -2.25. The molecule has 0 spiro atoms. The molecule has 1 fully saturated rings. The number of aliphatic hydroxyl groups excluding tert-OH is 2. The number of nitrogen functional groups attached to an aromatic ring is 1. The van der Waals surface area contributed by atoms with Crippen molar-refractivity contribution in [2.45, 2.75) is 24.1 Å². The number of alkyl halides is 2. The SMILES string of the molecule is Nc1nc2c(ncn2[C@@H]2O[C@H](CO)C(O)[C@]2(F)CF)c(=O)[nH]1. The number of nitrogens with two attached hydrogens (primary N) is 1. The third-order valence-corrected chi connectivity index (χ3v) is 3.65. The van der Waals surface area contributed by atoms with E-state index in [0.717, 1.165) is 10.9 Å². The van der Waals surface area contributed by atoms with E-state index in [1.54, 1.807) is 0 Å². The average molecular weight is 317 g/mol. The van der Waals surface area contributed by atoms with Crippen molar-refractivity contribution < 1.29 is 23.7 Å². The van der Waals surface area contributed by atoms with Gasteiger partial charge in [-0.25, -0.2) is 13.8 Å². The molecule has 0 amide bonds. The highest BCUT2D eigenvalue weighted by Crippen LogP contribution is 2.42. The smallest absolute Gasteiger partial charge is 0.280 e. The second-order valence-corrected chi connectivity index (χ2v) is 4.99. The Kier molecular flexibility index (Phi) is 3.34. The molecule has 4 atom stereocenters. The fourth-order valence-electron chi connectivity index (χ4n) is 2.51. The van der Waals surface area contributed by atoms with Gasteiger partial charge >= 0.3 is 0 Å². The Morgan fingerprint density at radius 3 is 2.95 bits per heavy atom. The molecule has 9 nitrogen and oxygen atoms in total. The van der Waals surface area contributed by atoms with Crippen molar-refractivity contribution in [3.05, 3.63) is 16.7 Å². The van der Waals surface area contributed by atoms with E-state index in [4.69, 9.17) is 15.6 Å². The fraction of sp³-hybridized carbons (Fsp3) is 0.545. The van der Waals surface area contributed by atoms with Crippen molar-refractivity contribution in [3.63, 3.8) is 0 Å². The number of ether oxygens (including phenoxy) is 1. The van der Waals surface area contributed by atoms with Crippen molar-refractivity contribution in [1.82, 2.24) is 19.5 Å². The van der Waals surface area contributed by atoms with Gasteiger partial charge in [0, 0.05) is 0 Å². The molecular formula is C11H13F2N5O4. The predicted molar refractivity (Wildman–Crippen MR) is 69.4 cm³/mol. The molecule has 0 bridgehead atoms. The summed E-state index contributed by atoms with van der Waals surface area (Å²) >= 11 is 0. The molecule has 1 unspecified atom stereocenters. The van der Waals surface area contributed by atoms with E-state index in [9.17, 15) is 18.7 Å². The van der Waals surface area contributed by atoms with Crippen LogP contribution in [-0.4, -0.2) is 60.9 Å². The predicted octanol–water partition coefficient (Wildman–Crippen LogP) is -1.37. The minimum atomic E-state index is -2.82. The first-order valence-corrected chi connectivity index (χ1v) is 6.34. The number of aromatic amines is 1. The molecule has 5 N–H and O–H groups in total. The van der Waals surface area contributed by atoms with E-state index in [1.807, 2.05) is 0 Å². The molecule has 0 saturated carbocycles. The summed E-state index contributed by atoms with van der Waals surface area (Å²) in [6.45, 7) is -2.26. The summed E-state index contributed by atoms with van der Waals surface area (Å²) in [5.41, 5.74) is 1.70. The number of hydrogen-bond acceptors (Lipinski definition) is 7. The number of hydrogen-bond donors (Lipinski definition) is 4. The summed E-state index contributed by atoms with van der Waals surface area (Å²) < 4.78 is 34.1. The van der Waals surface area contributed by atoms with E-state index < -0.39 is 42.9 Å². The van der Waals surface area contributed by atoms with Gasteiger partial charge in [0.15, 0.2) is 17.4 Å². The summed E-state index contributed by atoms with van der Waals surface area (Å²) in [7, 11) is 0. The van der Waals surface area contributed by atoms with Gasteiger partial charge in [0.1, 0.15) is 18.9 Å². The standard InChI is InChI=1S/C11H13F2N5O4/c12-2-11(13)6(20)4(1-19)22-9(11)18-3-15-5-7(18)16-10(14)17-8(5)21/h3-4,6,9,19-20H,1-2H2,(H3,14,16,17,21)/t4-,6?,9-,11-/m1/s1. The van der Waals surface area contributed by atoms with E-state index in [-0.39, 0.29) is 17.1 Å². The highest BCUT2D eigenvalue weighted by molar-refractivity contribution is 5.70. The largest absolute Gasteiger partial charge is 0.394 e. The van der Waals surface area contributed by atoms with E-state index in [0.29, 0.717) is 0 Å². The molecule has 2 aromatic rings. The van der Waals surface area contributed by atoms with Crippen LogP contribution < -0.4 is 11.3 Å². The van der Waals surface area contributed by atoms with Crippen molar-refractivity contribution in [2.24, 2.45) is 0 Å². The lowest BCUT2D eigenvalue weighted by Crippen LogP contribution is -2.45. The number of H-pyrrole nitrogens is 1. The Hall–Kier alpha value is -2.11. The first kappa shape index (κ1) is 14.8. The maximum Gasteiger partial charge on any atom is 0.280 e. The zero-order valence-corrected chi connectivity index (χ0v) is 11.1. The average Bonchev–Trinajstić information content (AvgIpc) is 3.00. The maximum atomic E-state index is 14.8. The third-order valence-electron chi connectivity index (χ3n) is 3.65. The quantitative estimate of drug-likeness (QED) is 0.547. The number of nitrogens with one attached hydrogen (secondary N) is 1. The van der Waals surface area contributed by atoms with Gasteiger partial charge in [-0.3, -0.25) is 14.3 Å². The molecule has 3 heterocycles. The number of imidazole rings is 1. The van der Waals surface area contributed by atoms with Crippen molar-refractivity contribution in [3.8, 4) is 0 Å². The van der Waals surface area contributed by atoms with Gasteiger partial charge < -0.3 is 20.7 Å². The summed E-state index contributed by atoms with van der Waals surface area (Å²) in [4.78, 5) is 21.5. The Labute approximate surface area is 121 Å². The molecule has 0 aromatic carbocycles. The summed E-state index contributed by atoms with van der Waals surface area (Å²) in [6.07, 6.45) is -3.82. The lowest BCUT2D eigenvalue weighted by atomic mass is 9.97. The summed E-state index contributed by atoms with van der Waals surface area (Å²) in [5, 5.41) is 18.9. The fourth-order valence-corrected chi connectivity index (χ4v) is 2.51. The second kappa shape index (κ2) is 4.97. The van der Waals surface area contributed by atoms with E-state index >= 15 is 0 Å². The Morgan fingerprint density at radius 1 is 1.59 bits per heavy atom. The Bertz CT molecular complexity index is 765. The van der Waals surface area contributed by atoms with E-state index in [1.165, 1.54) is 0 Å². The van der Waals surface area contributed by atoms with Crippen LogP contribution in [-0.2, 0) is 4.74 Å². The third kappa shape index (κ3) is 1.90. The van der Waals surface area contributed by atoms with Crippen molar-refractivity contribution in [1.29, 1.82) is 0 Å². The molecule has 11 heteroatoms. The van der Waals surface area contributed by atoms with Crippen LogP contribution in [0, 0.1) is 0 Å². The van der Waals surface area contributed by atoms with Crippen LogP contribution in [0.3, 0.4) is 0 Å². The molecule has 22 heavy (non-hydrogen) atoms. The van der Waals surface area contributed by atoms with Gasteiger partial charge in [0.05, 0.1) is 12.9 Å². The molecule has 0 aliphatic carbocycles. The Balaban J connectivity index is 2.16. The van der Waals surface area contributed by atoms with Gasteiger partial charge in [-0.1, -0.05) is 0 Å². The maximum absolute atomic E-state index is 14.8. The van der Waals surface area contributed by atoms with Gasteiger partial charge in [-0.2, -0.15) is 4.98 Å². The highest BCUT2D eigenvalue weighted by atomic mass is 19.2. The minimum Gasteiger partial charge on any atom is -0.394 e. The molecule has 1 aliphatic heterocycles. The zero-order valence-electron chi connectivity index (χ0n) is 11.1. The summed E-state index contributed by atoms with van der Waals surface area (Å²) in [6, 6.07) is 0. The highest BCUT2D eigenvalue weighted by Gasteiger charge is 2.58. The zero-order chi connectivity index (χ0) is 16.1. The van der Waals surface area contributed by atoms with Crippen LogP contribution in [0.2, 0.25) is 0 Å². The number of aliphatic hydroxyl groups is 2. The second-order valence-electron chi connectivity index (χ2n) is 4.99. The number of aromatic nitrogens is 4. The molecule has 2 aromatic heterocycles. The lowest BCUT2D eigenvalue weighted by molar-refractivity contribution is -0.0689. The monoisotopic (exact) mass is 317 g/mol. The van der Waals surface area contributed by atoms with Crippen LogP contribution >= 0.6 is 0 Å². The van der Waals surface area contributed by atoms with E-state index in [2.05, 4.69) is 15.0 Å². The van der Waals surface area contributed by atoms with Gasteiger partial charge in [-0.15, -0.1) is 0 Å². The normalized spacial score (nSPS) is 31.9. The molecule has 0 radical (unpaired) electrons. The minimum absolute atomic E-state index is 0.118. The molecular weight excluding hydrogens is 304 g/mol. The number of halogens is 2. The topological polar surface area (TPSA) is 139 Å². The number of nitrogens with zero attached hydrogens (tertiary/aromatic N) is 3. The van der Waals surface area contributed by atoms with Crippen LogP contribution in [0.5, 0.6) is 0 Å². The molecule has 1 aliphatic rings.